The molecule has 0 saturated carbocycles. The van der Waals surface area contributed by atoms with E-state index in [0.717, 1.165) is 48.1 Å². The summed E-state index contributed by atoms with van der Waals surface area (Å²) >= 11 is 2.44. The molecule has 2 aromatic rings. The molecule has 0 spiro atoms. The Kier molecular flexibility index (Phi) is 6.21. The number of benzene rings is 1. The molecule has 0 aliphatic heterocycles. The highest BCUT2D eigenvalue weighted by Gasteiger charge is 2.32. The van der Waals surface area contributed by atoms with Crippen LogP contribution in [0.3, 0.4) is 0 Å². The van der Waals surface area contributed by atoms with Gasteiger partial charge in [0.25, 0.3) is 0 Å². The molecule has 0 saturated heterocycles. The Morgan fingerprint density at radius 3 is 2.74 bits per heavy atom. The predicted octanol–water partition coefficient (Wildman–Crippen LogP) is 5.82. The van der Waals surface area contributed by atoms with E-state index in [0.29, 0.717) is 10.6 Å². The summed E-state index contributed by atoms with van der Waals surface area (Å²) in [4.78, 5) is 13.8. The lowest BCUT2D eigenvalue weighted by Gasteiger charge is -2.14. The van der Waals surface area contributed by atoms with Gasteiger partial charge in [-0.05, 0) is 62.3 Å². The maximum atomic E-state index is 12.6. The van der Waals surface area contributed by atoms with Crippen molar-refractivity contribution in [2.75, 3.05) is 11.3 Å². The fourth-order valence-corrected chi connectivity index (χ4v) is 4.98. The average Bonchev–Trinajstić information content (AvgIpc) is 2.98. The first-order valence-corrected chi connectivity index (χ1v) is 10.1. The van der Waals surface area contributed by atoms with Crippen LogP contribution < -0.4 is 9.46 Å². The van der Waals surface area contributed by atoms with Crippen LogP contribution in [0.15, 0.2) is 29.2 Å². The van der Waals surface area contributed by atoms with Gasteiger partial charge in [0.2, 0.25) is 0 Å². The van der Waals surface area contributed by atoms with E-state index in [1.807, 2.05) is 0 Å². The maximum Gasteiger partial charge on any atom is 0.573 e. The summed E-state index contributed by atoms with van der Waals surface area (Å²) < 4.78 is 50.0. The Bertz CT molecular complexity index is 821. The first kappa shape index (κ1) is 19.9. The van der Waals surface area contributed by atoms with Crippen molar-refractivity contribution in [1.82, 2.24) is 0 Å². The first-order chi connectivity index (χ1) is 12.9. The molecule has 0 unspecified atom stereocenters. The summed E-state index contributed by atoms with van der Waals surface area (Å²) in [7, 11) is 0. The molecule has 1 aliphatic rings. The quantitative estimate of drug-likeness (QED) is 0.474. The van der Waals surface area contributed by atoms with Crippen LogP contribution >= 0.6 is 23.3 Å². The predicted molar refractivity (Wildman–Crippen MR) is 99.5 cm³/mol. The molecule has 0 fully saturated rings. The van der Waals surface area contributed by atoms with Crippen LogP contribution in [-0.4, -0.2) is 18.9 Å². The minimum atomic E-state index is -4.77. The molecule has 1 heterocycles. The van der Waals surface area contributed by atoms with Gasteiger partial charge in [0.05, 0.1) is 17.1 Å². The van der Waals surface area contributed by atoms with Gasteiger partial charge >= 0.3 is 12.3 Å². The van der Waals surface area contributed by atoms with E-state index in [-0.39, 0.29) is 17.3 Å². The Morgan fingerprint density at radius 1 is 1.26 bits per heavy atom. The lowest BCUT2D eigenvalue weighted by atomic mass is 9.95. The second-order valence-corrected chi connectivity index (χ2v) is 7.79. The van der Waals surface area contributed by atoms with E-state index < -0.39 is 12.3 Å². The number of hydrogen-bond donors (Lipinski definition) is 1. The Morgan fingerprint density at radius 2 is 2.00 bits per heavy atom. The maximum absolute atomic E-state index is 12.6. The molecule has 0 radical (unpaired) electrons. The average molecular weight is 417 g/mol. The molecule has 4 nitrogen and oxygen atoms in total. The van der Waals surface area contributed by atoms with Gasteiger partial charge in [0.1, 0.15) is 10.8 Å². The van der Waals surface area contributed by atoms with Crippen LogP contribution in [0.25, 0.3) is 0 Å². The lowest BCUT2D eigenvalue weighted by Crippen LogP contribution is -2.17. The topological polar surface area (TPSA) is 47.6 Å². The van der Waals surface area contributed by atoms with Gasteiger partial charge in [-0.25, -0.2) is 4.79 Å². The highest BCUT2D eigenvalue weighted by atomic mass is 32.2. The number of fused-ring (bicyclic) bond motifs is 1. The van der Waals surface area contributed by atoms with Crippen LogP contribution in [0.1, 0.15) is 40.6 Å². The molecule has 27 heavy (non-hydrogen) atoms. The molecule has 9 heteroatoms. The number of rotatable bonds is 6. The number of nitrogens with one attached hydrogen (secondary N) is 1. The van der Waals surface area contributed by atoms with Crippen molar-refractivity contribution in [3.63, 3.8) is 0 Å². The Hall–Kier alpha value is -1.87. The van der Waals surface area contributed by atoms with Gasteiger partial charge in [0.15, 0.2) is 0 Å². The van der Waals surface area contributed by atoms with E-state index in [1.54, 1.807) is 13.0 Å². The fraction of sp³-hybridized carbons (Fsp3) is 0.389. The van der Waals surface area contributed by atoms with Crippen molar-refractivity contribution in [2.24, 2.45) is 0 Å². The van der Waals surface area contributed by atoms with Crippen molar-refractivity contribution in [3.8, 4) is 5.75 Å². The number of anilines is 1. The Balaban J connectivity index is 1.85. The van der Waals surface area contributed by atoms with Gasteiger partial charge in [-0.3, -0.25) is 0 Å². The van der Waals surface area contributed by atoms with Crippen molar-refractivity contribution in [3.05, 3.63) is 40.3 Å². The lowest BCUT2D eigenvalue weighted by molar-refractivity contribution is -0.275. The highest BCUT2D eigenvalue weighted by Crippen LogP contribution is 2.41. The third-order valence-corrected chi connectivity index (χ3v) is 6.18. The van der Waals surface area contributed by atoms with Crippen molar-refractivity contribution < 1.29 is 27.4 Å². The molecule has 0 bridgehead atoms. The Labute approximate surface area is 163 Å². The summed E-state index contributed by atoms with van der Waals surface area (Å²) in [6.07, 6.45) is -1.00. The molecule has 1 aliphatic carbocycles. The van der Waals surface area contributed by atoms with Crippen LogP contribution in [-0.2, 0) is 17.6 Å². The van der Waals surface area contributed by atoms with Crippen LogP contribution in [0, 0.1) is 0 Å². The summed E-state index contributed by atoms with van der Waals surface area (Å²) in [5.74, 6) is -0.693. The second kappa shape index (κ2) is 8.43. The summed E-state index contributed by atoms with van der Waals surface area (Å²) in [5.41, 5.74) is 1.49. The number of para-hydroxylation sites is 1. The number of thiophene rings is 1. The standard InChI is InChI=1S/C18H18F3NO3S2/c1-2-24-17(23)15-11-7-3-5-9-13(11)26-16(15)22-27-14-10-6-4-8-12(14)25-18(19,20)21/h4,6,8,10,22H,2-3,5,7,9H2,1H3. The zero-order chi connectivity index (χ0) is 19.4. The SMILES string of the molecule is CCOC(=O)c1c(NSc2ccccc2OC(F)(F)F)sc2c1CCCC2. The molecule has 3 rings (SSSR count). The minimum absolute atomic E-state index is 0.262. The third-order valence-electron chi connectivity index (χ3n) is 3.98. The second-order valence-electron chi connectivity index (χ2n) is 5.83. The molecular weight excluding hydrogens is 399 g/mol. The molecule has 0 amide bonds. The molecule has 1 aromatic heterocycles. The normalized spacial score (nSPS) is 13.8. The van der Waals surface area contributed by atoms with Gasteiger partial charge < -0.3 is 14.2 Å². The molecular formula is C18H18F3NO3S2. The summed E-state index contributed by atoms with van der Waals surface area (Å²) in [5, 5.41) is 0.604. The van der Waals surface area contributed by atoms with Gasteiger partial charge in [-0.15, -0.1) is 24.5 Å². The van der Waals surface area contributed by atoms with Crippen molar-refractivity contribution in [2.45, 2.75) is 43.9 Å². The molecule has 146 valence electrons. The smallest absolute Gasteiger partial charge is 0.462 e. The number of carbonyl (C=O) groups is 1. The summed E-state index contributed by atoms with van der Waals surface area (Å²) in [6, 6.07) is 5.87. The van der Waals surface area contributed by atoms with Gasteiger partial charge in [-0.1, -0.05) is 12.1 Å². The first-order valence-electron chi connectivity index (χ1n) is 8.48. The zero-order valence-electron chi connectivity index (χ0n) is 14.5. The summed E-state index contributed by atoms with van der Waals surface area (Å²) in [6.45, 7) is 2.00. The molecule has 1 aromatic carbocycles. The minimum Gasteiger partial charge on any atom is -0.462 e. The number of aryl methyl sites for hydroxylation is 1. The number of halogens is 3. The molecule has 0 atom stereocenters. The molecule has 1 N–H and O–H groups in total. The third kappa shape index (κ3) is 4.90. The van der Waals surface area contributed by atoms with Gasteiger partial charge in [-0.2, -0.15) is 0 Å². The number of hydrogen-bond acceptors (Lipinski definition) is 6. The fourth-order valence-electron chi connectivity index (χ4n) is 2.90. The van der Waals surface area contributed by atoms with Crippen LogP contribution in [0.2, 0.25) is 0 Å². The number of ether oxygens (including phenoxy) is 2. The number of alkyl halides is 3. The van der Waals surface area contributed by atoms with Crippen LogP contribution in [0.4, 0.5) is 18.2 Å². The number of esters is 1. The highest BCUT2D eigenvalue weighted by molar-refractivity contribution is 8.00. The van der Waals surface area contributed by atoms with E-state index in [2.05, 4.69) is 9.46 Å². The van der Waals surface area contributed by atoms with E-state index >= 15 is 0 Å². The van der Waals surface area contributed by atoms with Gasteiger partial charge in [0, 0.05) is 4.88 Å². The van der Waals surface area contributed by atoms with E-state index in [1.165, 1.54) is 29.5 Å². The van der Waals surface area contributed by atoms with E-state index in [4.69, 9.17) is 4.74 Å². The van der Waals surface area contributed by atoms with Crippen molar-refractivity contribution in [1.29, 1.82) is 0 Å². The van der Waals surface area contributed by atoms with Crippen molar-refractivity contribution >= 4 is 34.3 Å². The monoisotopic (exact) mass is 417 g/mol. The zero-order valence-corrected chi connectivity index (χ0v) is 16.2. The van der Waals surface area contributed by atoms with E-state index in [9.17, 15) is 18.0 Å². The largest absolute Gasteiger partial charge is 0.573 e. The number of carbonyl (C=O) groups excluding carboxylic acids is 1. The van der Waals surface area contributed by atoms with Crippen LogP contribution in [0.5, 0.6) is 5.75 Å².